The van der Waals surface area contributed by atoms with Crippen LogP contribution in [0.4, 0.5) is 0 Å². The molecule has 3 aromatic carbocycles. The Bertz CT molecular complexity index is 1180. The molecule has 0 radical (unpaired) electrons. The number of allylic oxidation sites excluding steroid dienone is 2. The maximum atomic E-state index is 13.0. The molecule has 0 aromatic heterocycles. The third-order valence-corrected chi connectivity index (χ3v) is 5.94. The lowest BCUT2D eigenvalue weighted by Crippen LogP contribution is -2.12. The summed E-state index contributed by atoms with van der Waals surface area (Å²) in [5.74, 6) is 0.0567. The van der Waals surface area contributed by atoms with Crippen molar-refractivity contribution in [3.63, 3.8) is 0 Å². The van der Waals surface area contributed by atoms with Crippen molar-refractivity contribution >= 4 is 10.1 Å². The number of rotatable bonds is 8. The lowest BCUT2D eigenvalue weighted by atomic mass is 9.97. The molecule has 0 saturated carbocycles. The molecule has 30 heavy (non-hydrogen) atoms. The minimum absolute atomic E-state index is 0.0463. The fraction of sp³-hybridized carbons (Fsp3) is 0.120. The monoisotopic (exact) mass is 420 g/mol. The number of benzene rings is 3. The molecule has 0 atom stereocenters. The molecule has 0 bridgehead atoms. The van der Waals surface area contributed by atoms with Crippen molar-refractivity contribution in [3.8, 4) is 22.6 Å². The molecule has 0 fully saturated rings. The highest BCUT2D eigenvalue weighted by Crippen LogP contribution is 2.40. The van der Waals surface area contributed by atoms with Crippen molar-refractivity contribution in [1.29, 1.82) is 0 Å². The van der Waals surface area contributed by atoms with Gasteiger partial charge in [0.2, 0.25) is 0 Å². The van der Waals surface area contributed by atoms with Crippen LogP contribution in [0.3, 0.4) is 0 Å². The van der Waals surface area contributed by atoms with E-state index in [2.05, 4.69) is 13.2 Å². The number of phenols is 1. The van der Waals surface area contributed by atoms with E-state index in [-0.39, 0.29) is 22.8 Å². The van der Waals surface area contributed by atoms with Crippen molar-refractivity contribution in [3.05, 3.63) is 103 Å². The zero-order valence-electron chi connectivity index (χ0n) is 16.8. The van der Waals surface area contributed by atoms with Gasteiger partial charge in [0.15, 0.2) is 5.75 Å². The minimum Gasteiger partial charge on any atom is -0.508 e. The van der Waals surface area contributed by atoms with E-state index in [0.29, 0.717) is 17.5 Å². The molecule has 0 heterocycles. The van der Waals surface area contributed by atoms with Gasteiger partial charge in [-0.25, -0.2) is 0 Å². The van der Waals surface area contributed by atoms with Gasteiger partial charge in [0.1, 0.15) is 10.6 Å². The van der Waals surface area contributed by atoms with Crippen LogP contribution in [-0.2, 0) is 23.0 Å². The van der Waals surface area contributed by atoms with E-state index < -0.39 is 10.1 Å². The smallest absolute Gasteiger partial charge is 0.339 e. The fourth-order valence-corrected chi connectivity index (χ4v) is 4.15. The molecule has 0 saturated heterocycles. The van der Waals surface area contributed by atoms with Crippen molar-refractivity contribution in [2.45, 2.75) is 24.7 Å². The number of aromatic hydroxyl groups is 1. The van der Waals surface area contributed by atoms with Crippen LogP contribution in [0.5, 0.6) is 11.5 Å². The Morgan fingerprint density at radius 1 is 0.967 bits per heavy atom. The summed E-state index contributed by atoms with van der Waals surface area (Å²) < 4.78 is 31.6. The Morgan fingerprint density at radius 2 is 1.67 bits per heavy atom. The van der Waals surface area contributed by atoms with Crippen LogP contribution in [0.25, 0.3) is 11.1 Å². The van der Waals surface area contributed by atoms with Gasteiger partial charge in [-0.3, -0.25) is 0 Å². The first kappa shape index (κ1) is 21.4. The van der Waals surface area contributed by atoms with E-state index in [1.807, 2.05) is 31.2 Å². The lowest BCUT2D eigenvalue weighted by molar-refractivity contribution is 0.456. The summed E-state index contributed by atoms with van der Waals surface area (Å²) in [6.07, 6.45) is 4.34. The van der Waals surface area contributed by atoms with Crippen LogP contribution < -0.4 is 4.18 Å². The van der Waals surface area contributed by atoms with E-state index >= 15 is 0 Å². The quantitative estimate of drug-likeness (QED) is 0.381. The molecule has 0 aliphatic heterocycles. The van der Waals surface area contributed by atoms with Gasteiger partial charge in [-0.15, -0.1) is 13.2 Å². The maximum absolute atomic E-state index is 13.0. The summed E-state index contributed by atoms with van der Waals surface area (Å²) in [5, 5.41) is 10.4. The first-order valence-corrected chi connectivity index (χ1v) is 10.9. The molecule has 0 aliphatic rings. The first-order chi connectivity index (χ1) is 14.4. The molecule has 154 valence electrons. The number of hydrogen-bond acceptors (Lipinski definition) is 4. The minimum atomic E-state index is -4.10. The summed E-state index contributed by atoms with van der Waals surface area (Å²) in [5.41, 5.74) is 3.71. The molecular formula is C25H24O4S. The second-order valence-electron chi connectivity index (χ2n) is 6.98. The van der Waals surface area contributed by atoms with E-state index in [1.165, 1.54) is 12.1 Å². The highest BCUT2D eigenvalue weighted by molar-refractivity contribution is 7.87. The summed E-state index contributed by atoms with van der Waals surface area (Å²) in [6, 6.07) is 17.3. The molecule has 3 rings (SSSR count). The van der Waals surface area contributed by atoms with Crippen LogP contribution in [0.1, 0.15) is 16.7 Å². The zero-order valence-corrected chi connectivity index (χ0v) is 17.7. The van der Waals surface area contributed by atoms with Crippen LogP contribution in [0.15, 0.2) is 90.9 Å². The second-order valence-corrected chi connectivity index (χ2v) is 8.52. The van der Waals surface area contributed by atoms with E-state index in [4.69, 9.17) is 4.18 Å². The van der Waals surface area contributed by atoms with E-state index in [1.54, 1.807) is 36.4 Å². The second kappa shape index (κ2) is 9.01. The van der Waals surface area contributed by atoms with Gasteiger partial charge in [0.05, 0.1) is 0 Å². The van der Waals surface area contributed by atoms with Crippen LogP contribution in [0.2, 0.25) is 0 Å². The molecule has 0 aliphatic carbocycles. The standard InChI is InChI=1S/C25H24O4S/c1-4-7-19-9-6-10-20(17-19)22-15-16-24(26)23(8-5-2)25(22)29-30(27,28)21-13-11-18(3)12-14-21/h4-6,9-17,26H,1-2,7-8H2,3H3. The number of aryl methyl sites for hydroxylation is 1. The van der Waals surface area contributed by atoms with Gasteiger partial charge in [0, 0.05) is 11.1 Å². The van der Waals surface area contributed by atoms with E-state index in [9.17, 15) is 13.5 Å². The van der Waals surface area contributed by atoms with Gasteiger partial charge in [-0.05, 0) is 55.2 Å². The van der Waals surface area contributed by atoms with Gasteiger partial charge < -0.3 is 9.29 Å². The summed E-state index contributed by atoms with van der Waals surface area (Å²) in [7, 11) is -4.10. The third kappa shape index (κ3) is 4.63. The zero-order chi connectivity index (χ0) is 21.7. The Labute approximate surface area is 177 Å². The topological polar surface area (TPSA) is 63.6 Å². The summed E-state index contributed by atoms with van der Waals surface area (Å²) in [4.78, 5) is 0.0485. The average Bonchev–Trinajstić information content (AvgIpc) is 2.71. The molecule has 0 amide bonds. The SMILES string of the molecule is C=CCc1cccc(-c2ccc(O)c(CC=C)c2OS(=O)(=O)c2ccc(C)cc2)c1. The van der Waals surface area contributed by atoms with Crippen molar-refractivity contribution in [1.82, 2.24) is 0 Å². The normalized spacial score (nSPS) is 11.1. The predicted molar refractivity (Wildman–Crippen MR) is 120 cm³/mol. The highest BCUT2D eigenvalue weighted by Gasteiger charge is 2.23. The highest BCUT2D eigenvalue weighted by atomic mass is 32.2. The van der Waals surface area contributed by atoms with Crippen molar-refractivity contribution in [2.75, 3.05) is 0 Å². The van der Waals surface area contributed by atoms with Gasteiger partial charge >= 0.3 is 10.1 Å². The predicted octanol–water partition coefficient (Wildman–Crippen LogP) is 5.59. The fourth-order valence-electron chi connectivity index (χ4n) is 3.18. The number of phenolic OH excluding ortho intramolecular Hbond substituents is 1. The summed E-state index contributed by atoms with van der Waals surface area (Å²) in [6.45, 7) is 9.36. The van der Waals surface area contributed by atoms with Crippen molar-refractivity contribution in [2.24, 2.45) is 0 Å². The third-order valence-electron chi connectivity index (χ3n) is 4.70. The Kier molecular flexibility index (Phi) is 6.43. The molecular weight excluding hydrogens is 396 g/mol. The van der Waals surface area contributed by atoms with Gasteiger partial charge in [-0.1, -0.05) is 54.1 Å². The van der Waals surface area contributed by atoms with Gasteiger partial charge in [-0.2, -0.15) is 8.42 Å². The maximum Gasteiger partial charge on any atom is 0.339 e. The molecule has 1 N–H and O–H groups in total. The summed E-state index contributed by atoms with van der Waals surface area (Å²) >= 11 is 0. The van der Waals surface area contributed by atoms with E-state index in [0.717, 1.165) is 16.7 Å². The molecule has 5 heteroatoms. The average molecular weight is 421 g/mol. The van der Waals surface area contributed by atoms with Crippen LogP contribution >= 0.6 is 0 Å². The molecule has 0 spiro atoms. The largest absolute Gasteiger partial charge is 0.508 e. The van der Waals surface area contributed by atoms with Gasteiger partial charge in [0.25, 0.3) is 0 Å². The van der Waals surface area contributed by atoms with Crippen LogP contribution in [0, 0.1) is 6.92 Å². The van der Waals surface area contributed by atoms with Crippen molar-refractivity contribution < 1.29 is 17.7 Å². The Morgan fingerprint density at radius 3 is 2.33 bits per heavy atom. The lowest BCUT2D eigenvalue weighted by Gasteiger charge is -2.17. The Balaban J connectivity index is 2.17. The molecule has 3 aromatic rings. The first-order valence-electron chi connectivity index (χ1n) is 9.53. The molecule has 4 nitrogen and oxygen atoms in total. The number of hydrogen-bond donors (Lipinski definition) is 1. The Hall–Kier alpha value is -3.31. The molecule has 0 unspecified atom stereocenters. The van der Waals surface area contributed by atoms with Crippen LogP contribution in [-0.4, -0.2) is 13.5 Å².